The van der Waals surface area contributed by atoms with Crippen molar-refractivity contribution in [2.75, 3.05) is 4.90 Å². The van der Waals surface area contributed by atoms with Gasteiger partial charge in [-0.05, 0) is 55.3 Å². The standard InChI is InChI=1S/C24H21N3O4/c1-14-9-15(2)11-16(10-14)27-21-6-4-3-5-18(21)20(24(27)31)13-26(25)23(30)19-8-7-17(28)12-22(19)29/h3-13,28-29H,25H2,1-2H3/b20-13+. The summed E-state index contributed by atoms with van der Waals surface area (Å²) in [5.74, 6) is 4.32. The fraction of sp³-hybridized carbons (Fsp3) is 0.0833. The van der Waals surface area contributed by atoms with Crippen LogP contribution >= 0.6 is 0 Å². The van der Waals surface area contributed by atoms with Crippen molar-refractivity contribution in [1.82, 2.24) is 5.01 Å². The molecule has 0 unspecified atom stereocenters. The van der Waals surface area contributed by atoms with E-state index in [0.717, 1.165) is 27.9 Å². The molecule has 7 nitrogen and oxygen atoms in total. The normalized spacial score (nSPS) is 14.1. The summed E-state index contributed by atoms with van der Waals surface area (Å²) in [5.41, 5.74) is 4.27. The Labute approximate surface area is 179 Å². The fourth-order valence-corrected chi connectivity index (χ4v) is 3.74. The maximum atomic E-state index is 13.4. The van der Waals surface area contributed by atoms with Crippen LogP contribution < -0.4 is 10.7 Å². The minimum atomic E-state index is -0.722. The zero-order valence-electron chi connectivity index (χ0n) is 17.0. The second-order valence-electron chi connectivity index (χ2n) is 7.46. The first-order valence-corrected chi connectivity index (χ1v) is 9.60. The molecule has 0 bridgehead atoms. The zero-order chi connectivity index (χ0) is 22.3. The second kappa shape index (κ2) is 7.62. The van der Waals surface area contributed by atoms with Crippen molar-refractivity contribution in [2.45, 2.75) is 13.8 Å². The van der Waals surface area contributed by atoms with Gasteiger partial charge in [0.2, 0.25) is 0 Å². The van der Waals surface area contributed by atoms with Crippen LogP contribution in [0.25, 0.3) is 5.57 Å². The van der Waals surface area contributed by atoms with Crippen molar-refractivity contribution in [2.24, 2.45) is 5.84 Å². The minimum Gasteiger partial charge on any atom is -0.508 e. The predicted molar refractivity (Wildman–Crippen MR) is 118 cm³/mol. The minimum absolute atomic E-state index is 0.0953. The third-order valence-corrected chi connectivity index (χ3v) is 5.05. The smallest absolute Gasteiger partial charge is 0.275 e. The average molecular weight is 415 g/mol. The van der Waals surface area contributed by atoms with Crippen LogP contribution in [0.3, 0.4) is 0 Å². The van der Waals surface area contributed by atoms with Gasteiger partial charge in [0, 0.05) is 23.5 Å². The number of hydrogen-bond acceptors (Lipinski definition) is 5. The maximum Gasteiger partial charge on any atom is 0.275 e. The van der Waals surface area contributed by atoms with E-state index < -0.39 is 11.7 Å². The van der Waals surface area contributed by atoms with Crippen molar-refractivity contribution < 1.29 is 19.8 Å². The molecule has 0 atom stereocenters. The van der Waals surface area contributed by atoms with Crippen LogP contribution in [0.5, 0.6) is 11.5 Å². The monoisotopic (exact) mass is 415 g/mol. The van der Waals surface area contributed by atoms with Gasteiger partial charge in [0.25, 0.3) is 11.8 Å². The number of hydrazine groups is 1. The Hall–Kier alpha value is -4.10. The third kappa shape index (κ3) is 3.62. The highest BCUT2D eigenvalue weighted by atomic mass is 16.3. The molecule has 1 aliphatic heterocycles. The molecule has 0 saturated carbocycles. The number of nitrogens with two attached hydrogens (primary N) is 1. The summed E-state index contributed by atoms with van der Waals surface area (Å²) in [6.07, 6.45) is 1.26. The van der Waals surface area contributed by atoms with Gasteiger partial charge in [-0.1, -0.05) is 24.3 Å². The molecule has 0 fully saturated rings. The van der Waals surface area contributed by atoms with Crippen LogP contribution in [0.4, 0.5) is 11.4 Å². The maximum absolute atomic E-state index is 13.4. The summed E-state index contributed by atoms with van der Waals surface area (Å²) in [6.45, 7) is 3.92. The number of rotatable bonds is 3. The van der Waals surface area contributed by atoms with E-state index in [4.69, 9.17) is 5.84 Å². The molecule has 1 heterocycles. The Morgan fingerprint density at radius 2 is 1.68 bits per heavy atom. The molecule has 0 spiro atoms. The summed E-state index contributed by atoms with van der Waals surface area (Å²) < 4.78 is 0. The topological polar surface area (TPSA) is 107 Å². The molecule has 156 valence electrons. The summed E-state index contributed by atoms with van der Waals surface area (Å²) in [6, 6.07) is 16.7. The Morgan fingerprint density at radius 1 is 1.00 bits per heavy atom. The van der Waals surface area contributed by atoms with Gasteiger partial charge in [-0.25, -0.2) is 5.84 Å². The highest BCUT2D eigenvalue weighted by molar-refractivity contribution is 6.35. The van der Waals surface area contributed by atoms with Crippen LogP contribution in [-0.2, 0) is 4.79 Å². The van der Waals surface area contributed by atoms with E-state index in [1.807, 2.05) is 44.2 Å². The van der Waals surface area contributed by atoms with Crippen LogP contribution in [0.2, 0.25) is 0 Å². The van der Waals surface area contributed by atoms with Gasteiger partial charge < -0.3 is 10.2 Å². The molecular formula is C24H21N3O4. The predicted octanol–water partition coefficient (Wildman–Crippen LogP) is 3.75. The van der Waals surface area contributed by atoms with E-state index in [2.05, 4.69) is 0 Å². The molecule has 2 amide bonds. The lowest BCUT2D eigenvalue weighted by Crippen LogP contribution is -2.33. The number of hydrogen-bond donors (Lipinski definition) is 3. The average Bonchev–Trinajstić information content (AvgIpc) is 2.98. The molecule has 0 aromatic heterocycles. The lowest BCUT2D eigenvalue weighted by Gasteiger charge is -2.19. The molecule has 1 aliphatic rings. The number of phenols is 2. The third-order valence-electron chi connectivity index (χ3n) is 5.05. The van der Waals surface area contributed by atoms with Crippen molar-refractivity contribution in [3.63, 3.8) is 0 Å². The Morgan fingerprint density at radius 3 is 2.35 bits per heavy atom. The number of amides is 2. The Kier molecular flexibility index (Phi) is 4.96. The SMILES string of the molecule is Cc1cc(C)cc(N2C(=O)/C(=C/N(N)C(=O)c3ccc(O)cc3O)c3ccccc32)c1. The molecule has 4 rings (SSSR count). The van der Waals surface area contributed by atoms with Gasteiger partial charge in [-0.15, -0.1) is 0 Å². The lowest BCUT2D eigenvalue weighted by molar-refractivity contribution is -0.112. The molecule has 0 aliphatic carbocycles. The van der Waals surface area contributed by atoms with Crippen molar-refractivity contribution >= 4 is 28.8 Å². The Balaban J connectivity index is 1.75. The number of benzene rings is 3. The van der Waals surface area contributed by atoms with Gasteiger partial charge in [0.15, 0.2) is 0 Å². The molecule has 7 heteroatoms. The zero-order valence-corrected chi connectivity index (χ0v) is 17.0. The highest BCUT2D eigenvalue weighted by Crippen LogP contribution is 2.42. The first-order valence-electron chi connectivity index (χ1n) is 9.60. The summed E-state index contributed by atoms with van der Waals surface area (Å²) in [4.78, 5) is 27.7. The molecule has 0 saturated heterocycles. The van der Waals surface area contributed by atoms with Crippen molar-refractivity contribution in [3.05, 3.63) is 89.1 Å². The van der Waals surface area contributed by atoms with Crippen LogP contribution in [0.1, 0.15) is 27.0 Å². The summed E-state index contributed by atoms with van der Waals surface area (Å²) in [5, 5.41) is 20.2. The summed E-state index contributed by atoms with van der Waals surface area (Å²) in [7, 11) is 0. The number of fused-ring (bicyclic) bond motifs is 1. The van der Waals surface area contributed by atoms with Crippen LogP contribution in [0, 0.1) is 13.8 Å². The number of anilines is 2. The van der Waals surface area contributed by atoms with E-state index >= 15 is 0 Å². The van der Waals surface area contributed by atoms with Crippen molar-refractivity contribution in [3.8, 4) is 11.5 Å². The lowest BCUT2D eigenvalue weighted by atomic mass is 10.1. The second-order valence-corrected chi connectivity index (χ2v) is 7.46. The quantitative estimate of drug-likeness (QED) is 0.261. The number of phenolic OH excluding ortho intramolecular Hbond substituents is 2. The van der Waals surface area contributed by atoms with E-state index in [1.54, 1.807) is 17.0 Å². The first-order chi connectivity index (χ1) is 14.8. The van der Waals surface area contributed by atoms with E-state index in [1.165, 1.54) is 18.3 Å². The van der Waals surface area contributed by atoms with Crippen molar-refractivity contribution in [1.29, 1.82) is 0 Å². The number of carbonyl (C=O) groups excluding carboxylic acids is 2. The number of aromatic hydroxyl groups is 2. The van der Waals surface area contributed by atoms with Gasteiger partial charge in [0.05, 0.1) is 16.8 Å². The highest BCUT2D eigenvalue weighted by Gasteiger charge is 2.34. The van der Waals surface area contributed by atoms with E-state index in [0.29, 0.717) is 11.3 Å². The van der Waals surface area contributed by atoms with E-state index in [-0.39, 0.29) is 22.8 Å². The van der Waals surface area contributed by atoms with E-state index in [9.17, 15) is 19.8 Å². The van der Waals surface area contributed by atoms with Crippen LogP contribution in [-0.4, -0.2) is 27.0 Å². The fourth-order valence-electron chi connectivity index (χ4n) is 3.74. The first kappa shape index (κ1) is 20.2. The van der Waals surface area contributed by atoms with Gasteiger partial charge in [-0.2, -0.15) is 0 Å². The molecule has 3 aromatic rings. The van der Waals surface area contributed by atoms with Gasteiger partial charge >= 0.3 is 0 Å². The van der Waals surface area contributed by atoms with Crippen LogP contribution in [0.15, 0.2) is 66.9 Å². The number of nitrogens with zero attached hydrogens (tertiary/aromatic N) is 2. The number of aryl methyl sites for hydroxylation is 2. The molecule has 31 heavy (non-hydrogen) atoms. The Bertz CT molecular complexity index is 1230. The van der Waals surface area contributed by atoms with Gasteiger partial charge in [0.1, 0.15) is 11.5 Å². The molecular weight excluding hydrogens is 394 g/mol. The summed E-state index contributed by atoms with van der Waals surface area (Å²) >= 11 is 0. The molecule has 3 aromatic carbocycles. The molecule has 0 radical (unpaired) electrons. The number of carbonyl (C=O) groups is 2. The molecule has 4 N–H and O–H groups in total. The number of para-hydroxylation sites is 1. The largest absolute Gasteiger partial charge is 0.508 e. The van der Waals surface area contributed by atoms with Gasteiger partial charge in [-0.3, -0.25) is 19.5 Å².